The Kier molecular flexibility index (Phi) is 8.94. The molecule has 0 aliphatic heterocycles. The fraction of sp³-hybridized carbons (Fsp3) is 0.0909. The summed E-state index contributed by atoms with van der Waals surface area (Å²) in [6.45, 7) is -0.712. The Bertz CT molecular complexity index is 2010. The molecule has 2 heterocycles. The molecule has 0 aliphatic carbocycles. The fourth-order valence-electron chi connectivity index (χ4n) is 4.37. The smallest absolute Gasteiger partial charge is 0.345 e. The zero-order chi connectivity index (χ0) is 31.9. The number of nitrogens with zero attached hydrogens (tertiary/aromatic N) is 2. The molecule has 12 heteroatoms. The Hall–Kier alpha value is -6.30. The summed E-state index contributed by atoms with van der Waals surface area (Å²) >= 11 is 0. The van der Waals surface area contributed by atoms with Gasteiger partial charge in [-0.25, -0.2) is 23.9 Å². The maximum atomic E-state index is 12.9. The standard InChI is InChI=1S/C33H25N3O9/c1-42-31(39)21-12-14-24(32(40)43-2)26(17-21)34-28(37)19-44-29(38)15-13-22-18-36(23-9-4-3-5-10-23)35-30(22)25-16-20-8-6-7-11-27(20)45-33(25)41/h3-18H,19H2,1-2H3,(H,34,37)/b15-13+. The molecule has 12 nitrogen and oxygen atoms in total. The molecular weight excluding hydrogens is 582 g/mol. The van der Waals surface area contributed by atoms with Crippen molar-refractivity contribution in [1.29, 1.82) is 0 Å². The number of methoxy groups -OCH3 is 2. The topological polar surface area (TPSA) is 156 Å². The number of nitrogens with one attached hydrogen (secondary N) is 1. The Morgan fingerprint density at radius 3 is 2.40 bits per heavy atom. The lowest BCUT2D eigenvalue weighted by atomic mass is 10.1. The zero-order valence-electron chi connectivity index (χ0n) is 24.0. The van der Waals surface area contributed by atoms with Gasteiger partial charge in [0.25, 0.3) is 5.91 Å². The predicted octanol–water partition coefficient (Wildman–Crippen LogP) is 4.41. The van der Waals surface area contributed by atoms with E-state index in [1.54, 1.807) is 35.1 Å². The highest BCUT2D eigenvalue weighted by Gasteiger charge is 2.19. The Morgan fingerprint density at radius 1 is 0.911 bits per heavy atom. The van der Waals surface area contributed by atoms with Crippen LogP contribution >= 0.6 is 0 Å². The first kappa shape index (κ1) is 30.2. The fourth-order valence-corrected chi connectivity index (χ4v) is 4.37. The highest BCUT2D eigenvalue weighted by atomic mass is 16.5. The van der Waals surface area contributed by atoms with Gasteiger partial charge < -0.3 is 23.9 Å². The van der Waals surface area contributed by atoms with Crippen LogP contribution < -0.4 is 10.9 Å². The first-order valence-corrected chi connectivity index (χ1v) is 13.4. The number of fused-ring (bicyclic) bond motifs is 1. The van der Waals surface area contributed by atoms with E-state index in [9.17, 15) is 24.0 Å². The van der Waals surface area contributed by atoms with E-state index in [4.69, 9.17) is 13.9 Å². The number of rotatable bonds is 9. The minimum Gasteiger partial charge on any atom is -0.465 e. The Labute approximate surface area is 255 Å². The molecule has 0 saturated heterocycles. The van der Waals surface area contributed by atoms with Gasteiger partial charge in [0.05, 0.1) is 42.3 Å². The lowest BCUT2D eigenvalue weighted by Gasteiger charge is -2.11. The number of aromatic nitrogens is 2. The van der Waals surface area contributed by atoms with Gasteiger partial charge in [-0.05, 0) is 48.5 Å². The van der Waals surface area contributed by atoms with Crippen molar-refractivity contribution in [3.63, 3.8) is 0 Å². The summed E-state index contributed by atoms with van der Waals surface area (Å²) in [5.41, 5.74) is 1.40. The molecule has 0 spiro atoms. The van der Waals surface area contributed by atoms with Crippen molar-refractivity contribution in [2.75, 3.05) is 26.1 Å². The van der Waals surface area contributed by atoms with Crippen LogP contribution in [0, 0.1) is 0 Å². The number of hydrogen-bond acceptors (Lipinski definition) is 10. The number of anilines is 1. The molecular formula is C33H25N3O9. The van der Waals surface area contributed by atoms with Crippen LogP contribution in [0.2, 0.25) is 0 Å². The maximum Gasteiger partial charge on any atom is 0.345 e. The number of hydrogen-bond donors (Lipinski definition) is 1. The number of amides is 1. The van der Waals surface area contributed by atoms with Gasteiger partial charge in [-0.1, -0.05) is 36.4 Å². The van der Waals surface area contributed by atoms with Gasteiger partial charge in [0.15, 0.2) is 6.61 Å². The van der Waals surface area contributed by atoms with Crippen LogP contribution in [-0.4, -0.2) is 54.4 Å². The first-order chi connectivity index (χ1) is 21.8. The van der Waals surface area contributed by atoms with Gasteiger partial charge >= 0.3 is 23.5 Å². The predicted molar refractivity (Wildman–Crippen MR) is 163 cm³/mol. The number of carbonyl (C=O) groups excluding carboxylic acids is 4. The zero-order valence-corrected chi connectivity index (χ0v) is 24.0. The third kappa shape index (κ3) is 6.86. The van der Waals surface area contributed by atoms with E-state index in [-0.39, 0.29) is 28.1 Å². The third-order valence-corrected chi connectivity index (χ3v) is 6.52. The molecule has 0 fully saturated rings. The highest BCUT2D eigenvalue weighted by molar-refractivity contribution is 6.04. The second-order valence-corrected chi connectivity index (χ2v) is 9.43. The summed E-state index contributed by atoms with van der Waals surface area (Å²) in [5, 5.41) is 7.72. The van der Waals surface area contributed by atoms with Gasteiger partial charge in [0.2, 0.25) is 0 Å². The molecule has 5 aromatic rings. The molecule has 0 saturated carbocycles. The molecule has 226 valence electrons. The summed E-state index contributed by atoms with van der Waals surface area (Å²) in [4.78, 5) is 62.2. The summed E-state index contributed by atoms with van der Waals surface area (Å²) < 4.78 is 21.5. The molecule has 5 rings (SSSR count). The number of para-hydroxylation sites is 2. The minimum absolute atomic E-state index is 0.0224. The monoisotopic (exact) mass is 607 g/mol. The van der Waals surface area contributed by atoms with Gasteiger partial charge in [-0.15, -0.1) is 0 Å². The van der Waals surface area contributed by atoms with E-state index in [0.29, 0.717) is 22.2 Å². The van der Waals surface area contributed by atoms with Crippen LogP contribution in [0.4, 0.5) is 5.69 Å². The van der Waals surface area contributed by atoms with Gasteiger partial charge in [-0.3, -0.25) is 4.79 Å². The average molecular weight is 608 g/mol. The molecule has 0 radical (unpaired) electrons. The van der Waals surface area contributed by atoms with Gasteiger partial charge in [0, 0.05) is 23.2 Å². The molecule has 1 amide bonds. The normalized spacial score (nSPS) is 10.9. The number of esters is 3. The van der Waals surface area contributed by atoms with Crippen LogP contribution in [0.1, 0.15) is 26.3 Å². The summed E-state index contributed by atoms with van der Waals surface area (Å²) in [6, 6.07) is 21.8. The second-order valence-electron chi connectivity index (χ2n) is 9.43. The summed E-state index contributed by atoms with van der Waals surface area (Å²) in [6.07, 6.45) is 4.13. The van der Waals surface area contributed by atoms with Crippen LogP contribution in [0.15, 0.2) is 100 Å². The molecule has 0 aliphatic rings. The molecule has 3 aromatic carbocycles. The number of carbonyl (C=O) groups is 4. The summed E-state index contributed by atoms with van der Waals surface area (Å²) in [5.74, 6) is -3.09. The Balaban J connectivity index is 1.36. The van der Waals surface area contributed by atoms with E-state index in [0.717, 1.165) is 13.2 Å². The van der Waals surface area contributed by atoms with Gasteiger partial charge in [-0.2, -0.15) is 5.10 Å². The lowest BCUT2D eigenvalue weighted by molar-refractivity contribution is -0.142. The third-order valence-electron chi connectivity index (χ3n) is 6.52. The maximum absolute atomic E-state index is 12.9. The van der Waals surface area contributed by atoms with Crippen molar-refractivity contribution in [1.82, 2.24) is 9.78 Å². The van der Waals surface area contributed by atoms with Crippen molar-refractivity contribution >= 4 is 46.5 Å². The van der Waals surface area contributed by atoms with Crippen LogP contribution in [0.5, 0.6) is 0 Å². The largest absolute Gasteiger partial charge is 0.465 e. The lowest BCUT2D eigenvalue weighted by Crippen LogP contribution is -2.22. The number of ether oxygens (including phenoxy) is 3. The number of benzene rings is 3. The summed E-state index contributed by atoms with van der Waals surface area (Å²) in [7, 11) is 2.35. The van der Waals surface area contributed by atoms with Crippen LogP contribution in [-0.2, 0) is 23.8 Å². The van der Waals surface area contributed by atoms with Crippen molar-refractivity contribution in [2.45, 2.75) is 0 Å². The van der Waals surface area contributed by atoms with Gasteiger partial charge in [0.1, 0.15) is 11.3 Å². The van der Waals surface area contributed by atoms with E-state index in [2.05, 4.69) is 15.2 Å². The highest BCUT2D eigenvalue weighted by Crippen LogP contribution is 2.26. The molecule has 0 atom stereocenters. The van der Waals surface area contributed by atoms with E-state index in [1.807, 2.05) is 36.4 Å². The van der Waals surface area contributed by atoms with Crippen molar-refractivity contribution in [3.8, 4) is 16.9 Å². The van der Waals surface area contributed by atoms with Crippen LogP contribution in [0.3, 0.4) is 0 Å². The van der Waals surface area contributed by atoms with E-state index >= 15 is 0 Å². The average Bonchev–Trinajstić information content (AvgIpc) is 3.49. The second kappa shape index (κ2) is 13.3. The van der Waals surface area contributed by atoms with E-state index in [1.165, 1.54) is 31.4 Å². The molecule has 45 heavy (non-hydrogen) atoms. The van der Waals surface area contributed by atoms with E-state index < -0.39 is 36.0 Å². The van der Waals surface area contributed by atoms with Crippen molar-refractivity contribution in [3.05, 3.63) is 118 Å². The molecule has 1 N–H and O–H groups in total. The Morgan fingerprint density at radius 2 is 1.64 bits per heavy atom. The molecule has 0 unspecified atom stereocenters. The first-order valence-electron chi connectivity index (χ1n) is 13.4. The minimum atomic E-state index is -0.870. The van der Waals surface area contributed by atoms with Crippen LogP contribution in [0.25, 0.3) is 34.0 Å². The van der Waals surface area contributed by atoms with Crippen molar-refractivity contribution in [2.24, 2.45) is 0 Å². The van der Waals surface area contributed by atoms with Crippen molar-refractivity contribution < 1.29 is 37.8 Å². The quantitative estimate of drug-likeness (QED) is 0.110. The SMILES string of the molecule is COC(=O)c1ccc(C(=O)OC)c(NC(=O)COC(=O)/C=C/c2cn(-c3ccccc3)nc2-c2cc3ccccc3oc2=O)c1. The molecule has 2 aromatic heterocycles. The molecule has 0 bridgehead atoms.